The van der Waals surface area contributed by atoms with Crippen LogP contribution in [0.15, 0.2) is 28.8 Å². The Morgan fingerprint density at radius 2 is 1.80 bits per heavy atom. The van der Waals surface area contributed by atoms with Crippen molar-refractivity contribution in [1.29, 1.82) is 0 Å². The van der Waals surface area contributed by atoms with E-state index in [9.17, 15) is 14.7 Å². The fraction of sp³-hybridized carbons (Fsp3) is 0.154. The van der Waals surface area contributed by atoms with Gasteiger partial charge < -0.3 is 9.63 Å². The highest BCUT2D eigenvalue weighted by Crippen LogP contribution is 2.15. The summed E-state index contributed by atoms with van der Waals surface area (Å²) in [6, 6.07) is 6.01. The number of amides is 2. The molecule has 20 heavy (non-hydrogen) atoms. The molecular weight excluding hydrogens is 262 g/mol. The van der Waals surface area contributed by atoms with Crippen LogP contribution in [0.1, 0.15) is 32.2 Å². The SMILES string of the molecule is Cc1noc(C)c1C(=O)NNC(=O)c1ccccc1O. The Balaban J connectivity index is 2.05. The molecule has 104 valence electrons. The van der Waals surface area contributed by atoms with Gasteiger partial charge in [-0.2, -0.15) is 0 Å². The molecule has 0 fully saturated rings. The van der Waals surface area contributed by atoms with Gasteiger partial charge in [-0.05, 0) is 26.0 Å². The zero-order valence-electron chi connectivity index (χ0n) is 10.9. The minimum atomic E-state index is -0.622. The summed E-state index contributed by atoms with van der Waals surface area (Å²) in [5.74, 6) is -0.971. The Hall–Kier alpha value is -2.83. The van der Waals surface area contributed by atoms with Crippen molar-refractivity contribution < 1.29 is 19.2 Å². The van der Waals surface area contributed by atoms with Gasteiger partial charge in [-0.15, -0.1) is 0 Å². The number of hydrogen-bond acceptors (Lipinski definition) is 5. The highest BCUT2D eigenvalue weighted by molar-refractivity contribution is 6.01. The predicted octanol–water partition coefficient (Wildman–Crippen LogP) is 1.07. The average Bonchev–Trinajstić information content (AvgIpc) is 2.76. The molecule has 0 saturated heterocycles. The highest BCUT2D eigenvalue weighted by Gasteiger charge is 2.18. The summed E-state index contributed by atoms with van der Waals surface area (Å²) < 4.78 is 4.86. The largest absolute Gasteiger partial charge is 0.507 e. The van der Waals surface area contributed by atoms with Gasteiger partial charge in [0.05, 0.1) is 11.3 Å². The second kappa shape index (κ2) is 5.43. The molecule has 7 nitrogen and oxygen atoms in total. The van der Waals surface area contributed by atoms with E-state index in [1.54, 1.807) is 26.0 Å². The average molecular weight is 275 g/mol. The molecule has 0 unspecified atom stereocenters. The van der Waals surface area contributed by atoms with Crippen LogP contribution in [-0.4, -0.2) is 22.1 Å². The number of aryl methyl sites for hydroxylation is 2. The van der Waals surface area contributed by atoms with Crippen molar-refractivity contribution >= 4 is 11.8 Å². The smallest absolute Gasteiger partial charge is 0.275 e. The summed E-state index contributed by atoms with van der Waals surface area (Å²) in [5, 5.41) is 13.2. The lowest BCUT2D eigenvalue weighted by molar-refractivity contribution is 0.0843. The second-order valence-electron chi connectivity index (χ2n) is 4.12. The number of hydrogen-bond donors (Lipinski definition) is 3. The van der Waals surface area contributed by atoms with Crippen LogP contribution < -0.4 is 10.9 Å². The van der Waals surface area contributed by atoms with E-state index in [2.05, 4.69) is 16.0 Å². The number of phenols is 1. The van der Waals surface area contributed by atoms with Crippen LogP contribution in [0.5, 0.6) is 5.75 Å². The molecule has 1 aromatic heterocycles. The maximum absolute atomic E-state index is 11.9. The van der Waals surface area contributed by atoms with Gasteiger partial charge in [0.2, 0.25) is 0 Å². The van der Waals surface area contributed by atoms with Gasteiger partial charge in [0.25, 0.3) is 11.8 Å². The molecule has 0 atom stereocenters. The molecule has 2 amide bonds. The number of rotatable bonds is 2. The number of para-hydroxylation sites is 1. The number of carbonyl (C=O) groups is 2. The van der Waals surface area contributed by atoms with E-state index in [0.717, 1.165) is 0 Å². The Labute approximate surface area is 114 Å². The van der Waals surface area contributed by atoms with Crippen LogP contribution >= 0.6 is 0 Å². The first kappa shape index (κ1) is 13.6. The van der Waals surface area contributed by atoms with Gasteiger partial charge in [-0.25, -0.2) is 0 Å². The quantitative estimate of drug-likeness (QED) is 0.711. The Morgan fingerprint density at radius 3 is 2.40 bits per heavy atom. The first-order valence-corrected chi connectivity index (χ1v) is 5.82. The van der Waals surface area contributed by atoms with Crippen LogP contribution in [0.25, 0.3) is 0 Å². The van der Waals surface area contributed by atoms with E-state index < -0.39 is 11.8 Å². The number of aromatic nitrogens is 1. The molecule has 2 rings (SSSR count). The number of nitrogens with zero attached hydrogens (tertiary/aromatic N) is 1. The van der Waals surface area contributed by atoms with Crippen LogP contribution in [0, 0.1) is 13.8 Å². The fourth-order valence-electron chi connectivity index (χ4n) is 1.72. The Bertz CT molecular complexity index is 644. The van der Waals surface area contributed by atoms with Crippen LogP contribution in [-0.2, 0) is 0 Å². The number of carbonyl (C=O) groups excluding carboxylic acids is 2. The van der Waals surface area contributed by atoms with Gasteiger partial charge in [0.15, 0.2) is 0 Å². The minimum Gasteiger partial charge on any atom is -0.507 e. The number of benzene rings is 1. The minimum absolute atomic E-state index is 0.0616. The van der Waals surface area contributed by atoms with Gasteiger partial charge in [0.1, 0.15) is 17.1 Å². The van der Waals surface area contributed by atoms with Crippen LogP contribution in [0.4, 0.5) is 0 Å². The molecule has 1 heterocycles. The number of phenolic OH excluding ortho intramolecular Hbond substituents is 1. The number of aromatic hydroxyl groups is 1. The maximum atomic E-state index is 11.9. The Kier molecular flexibility index (Phi) is 3.69. The lowest BCUT2D eigenvalue weighted by Gasteiger charge is -2.08. The van der Waals surface area contributed by atoms with Crippen LogP contribution in [0.2, 0.25) is 0 Å². The molecule has 0 aliphatic heterocycles. The molecule has 2 aromatic rings. The number of hydrazine groups is 1. The third-order valence-electron chi connectivity index (χ3n) is 2.70. The monoisotopic (exact) mass is 275 g/mol. The van der Waals surface area contributed by atoms with Crippen molar-refractivity contribution in [3.63, 3.8) is 0 Å². The molecule has 0 bridgehead atoms. The highest BCUT2D eigenvalue weighted by atomic mass is 16.5. The van der Waals surface area contributed by atoms with Crippen molar-refractivity contribution in [1.82, 2.24) is 16.0 Å². The predicted molar refractivity (Wildman–Crippen MR) is 69.0 cm³/mol. The topological polar surface area (TPSA) is 104 Å². The summed E-state index contributed by atoms with van der Waals surface area (Å²) >= 11 is 0. The first-order chi connectivity index (χ1) is 9.50. The second-order valence-corrected chi connectivity index (χ2v) is 4.12. The third-order valence-corrected chi connectivity index (χ3v) is 2.70. The molecule has 0 saturated carbocycles. The van der Waals surface area contributed by atoms with Gasteiger partial charge in [-0.3, -0.25) is 20.4 Å². The van der Waals surface area contributed by atoms with Crippen molar-refractivity contribution in [3.8, 4) is 5.75 Å². The summed E-state index contributed by atoms with van der Waals surface area (Å²) in [6.45, 7) is 3.22. The molecular formula is C13H13N3O4. The maximum Gasteiger partial charge on any atom is 0.275 e. The van der Waals surface area contributed by atoms with E-state index in [0.29, 0.717) is 11.5 Å². The molecule has 0 radical (unpaired) electrons. The van der Waals surface area contributed by atoms with E-state index >= 15 is 0 Å². The number of nitrogens with one attached hydrogen (secondary N) is 2. The Morgan fingerprint density at radius 1 is 1.15 bits per heavy atom. The molecule has 0 aliphatic carbocycles. The van der Waals surface area contributed by atoms with Gasteiger partial charge in [-0.1, -0.05) is 17.3 Å². The zero-order chi connectivity index (χ0) is 14.7. The lowest BCUT2D eigenvalue weighted by Crippen LogP contribution is -2.42. The molecule has 0 spiro atoms. The molecule has 0 aliphatic rings. The summed E-state index contributed by atoms with van der Waals surface area (Å²) in [4.78, 5) is 23.7. The van der Waals surface area contributed by atoms with Crippen molar-refractivity contribution in [3.05, 3.63) is 46.8 Å². The third kappa shape index (κ3) is 2.61. The van der Waals surface area contributed by atoms with Gasteiger partial charge in [0, 0.05) is 0 Å². The van der Waals surface area contributed by atoms with Crippen molar-refractivity contribution in [2.24, 2.45) is 0 Å². The fourth-order valence-corrected chi connectivity index (χ4v) is 1.72. The van der Waals surface area contributed by atoms with E-state index in [1.807, 2.05) is 0 Å². The normalized spacial score (nSPS) is 10.1. The van der Waals surface area contributed by atoms with Crippen LogP contribution in [0.3, 0.4) is 0 Å². The van der Waals surface area contributed by atoms with Gasteiger partial charge >= 0.3 is 0 Å². The molecule has 3 N–H and O–H groups in total. The molecule has 1 aromatic carbocycles. The first-order valence-electron chi connectivity index (χ1n) is 5.82. The zero-order valence-corrected chi connectivity index (χ0v) is 10.9. The van der Waals surface area contributed by atoms with E-state index in [4.69, 9.17) is 4.52 Å². The standard InChI is InChI=1S/C13H13N3O4/c1-7-11(8(2)20-16-7)13(19)15-14-12(18)9-5-3-4-6-10(9)17/h3-6,17H,1-2H3,(H,14,18)(H,15,19). The summed E-state index contributed by atoms with van der Waals surface area (Å²) in [7, 11) is 0. The van der Waals surface area contributed by atoms with E-state index in [1.165, 1.54) is 12.1 Å². The summed E-state index contributed by atoms with van der Waals surface area (Å²) in [6.07, 6.45) is 0. The van der Waals surface area contributed by atoms with Crippen molar-refractivity contribution in [2.45, 2.75) is 13.8 Å². The molecule has 7 heteroatoms. The van der Waals surface area contributed by atoms with E-state index in [-0.39, 0.29) is 16.9 Å². The summed E-state index contributed by atoms with van der Waals surface area (Å²) in [5.41, 5.74) is 5.21. The lowest BCUT2D eigenvalue weighted by atomic mass is 10.2. The van der Waals surface area contributed by atoms with Crippen molar-refractivity contribution in [2.75, 3.05) is 0 Å².